The van der Waals surface area contributed by atoms with E-state index in [1.807, 2.05) is 24.3 Å². The number of nitrogens with zero attached hydrogens (tertiary/aromatic N) is 2. The number of hydrogen-bond donors (Lipinski definition) is 1. The molecule has 0 radical (unpaired) electrons. The van der Waals surface area contributed by atoms with Crippen molar-refractivity contribution in [3.63, 3.8) is 0 Å². The fourth-order valence-electron chi connectivity index (χ4n) is 3.43. The minimum absolute atomic E-state index is 0.177. The van der Waals surface area contributed by atoms with Crippen LogP contribution >= 0.6 is 0 Å². The third-order valence-electron chi connectivity index (χ3n) is 4.91. The summed E-state index contributed by atoms with van der Waals surface area (Å²) in [5.41, 5.74) is 2.33. The van der Waals surface area contributed by atoms with E-state index < -0.39 is 0 Å². The molecule has 2 aromatic carbocycles. The van der Waals surface area contributed by atoms with Crippen molar-refractivity contribution >= 4 is 23.2 Å². The molecule has 0 unspecified atom stereocenters. The van der Waals surface area contributed by atoms with Crippen LogP contribution < -0.4 is 10.2 Å². The van der Waals surface area contributed by atoms with E-state index in [4.69, 9.17) is 0 Å². The summed E-state index contributed by atoms with van der Waals surface area (Å²) in [5, 5.41) is 2.80. The van der Waals surface area contributed by atoms with Crippen LogP contribution in [0.3, 0.4) is 0 Å². The highest BCUT2D eigenvalue weighted by Crippen LogP contribution is 2.21. The Morgan fingerprint density at radius 3 is 2.18 bits per heavy atom. The molecule has 1 aliphatic rings. The van der Waals surface area contributed by atoms with Crippen LogP contribution in [-0.2, 0) is 0 Å². The second-order valence-corrected chi connectivity index (χ2v) is 6.79. The lowest BCUT2D eigenvalue weighted by Gasteiger charge is -2.17. The first kappa shape index (κ1) is 17.9. The fourth-order valence-corrected chi connectivity index (χ4v) is 3.43. The summed E-state index contributed by atoms with van der Waals surface area (Å²) in [4.78, 5) is 32.3. The highest BCUT2D eigenvalue weighted by molar-refractivity contribution is 6.17. The highest BCUT2D eigenvalue weighted by Gasteiger charge is 2.18. The molecule has 2 heterocycles. The predicted molar refractivity (Wildman–Crippen MR) is 110 cm³/mol. The van der Waals surface area contributed by atoms with Crippen LogP contribution in [0, 0.1) is 0 Å². The molecule has 1 amide bonds. The molecule has 5 nitrogen and oxygen atoms in total. The maximum Gasteiger partial charge on any atom is 0.257 e. The normalized spacial score (nSPS) is 13.4. The van der Waals surface area contributed by atoms with E-state index in [-0.39, 0.29) is 11.7 Å². The number of benzene rings is 2. The van der Waals surface area contributed by atoms with Crippen molar-refractivity contribution in [1.82, 2.24) is 4.98 Å². The summed E-state index contributed by atoms with van der Waals surface area (Å²) in [5.74, 6) is -0.0556. The second kappa shape index (κ2) is 8.05. The standard InChI is InChI=1S/C23H21N3O2/c27-22(17-8-2-1-3-9-17)19-10-4-5-11-20(19)23(28)25-21-13-12-18(16-24-21)26-14-6-7-15-26/h1-5,8-13,16H,6-7,14-15H2,(H,24,25,28). The van der Waals surface area contributed by atoms with Gasteiger partial charge in [0, 0.05) is 24.2 Å². The number of nitrogens with one attached hydrogen (secondary N) is 1. The summed E-state index contributed by atoms with van der Waals surface area (Å²) >= 11 is 0. The van der Waals surface area contributed by atoms with Gasteiger partial charge in [-0.25, -0.2) is 4.98 Å². The van der Waals surface area contributed by atoms with Gasteiger partial charge in [-0.2, -0.15) is 0 Å². The average Bonchev–Trinajstić information content (AvgIpc) is 3.29. The molecule has 5 heteroatoms. The smallest absolute Gasteiger partial charge is 0.257 e. The van der Waals surface area contributed by atoms with Gasteiger partial charge in [0.15, 0.2) is 5.78 Å². The molecule has 1 aliphatic heterocycles. The molecule has 4 rings (SSSR count). The van der Waals surface area contributed by atoms with Crippen LogP contribution in [0.5, 0.6) is 0 Å². The minimum atomic E-state index is -0.346. The Morgan fingerprint density at radius 1 is 0.821 bits per heavy atom. The Hall–Kier alpha value is -3.47. The van der Waals surface area contributed by atoms with Crippen molar-refractivity contribution in [2.24, 2.45) is 0 Å². The summed E-state index contributed by atoms with van der Waals surface area (Å²) in [6, 6.07) is 19.6. The number of carbonyl (C=O) groups is 2. The second-order valence-electron chi connectivity index (χ2n) is 6.79. The molecule has 28 heavy (non-hydrogen) atoms. The number of ketones is 1. The maximum atomic E-state index is 12.8. The lowest BCUT2D eigenvalue weighted by atomic mass is 9.98. The van der Waals surface area contributed by atoms with Gasteiger partial charge in [-0.1, -0.05) is 48.5 Å². The van der Waals surface area contributed by atoms with E-state index in [0.29, 0.717) is 22.5 Å². The molecule has 140 valence electrons. The van der Waals surface area contributed by atoms with Crippen molar-refractivity contribution in [2.75, 3.05) is 23.3 Å². The van der Waals surface area contributed by atoms with Gasteiger partial charge in [0.05, 0.1) is 17.4 Å². The van der Waals surface area contributed by atoms with Crippen molar-refractivity contribution < 1.29 is 9.59 Å². The van der Waals surface area contributed by atoms with Gasteiger partial charge in [-0.3, -0.25) is 9.59 Å². The molecular formula is C23H21N3O2. The monoisotopic (exact) mass is 371 g/mol. The molecule has 1 aromatic heterocycles. The fraction of sp³-hybridized carbons (Fsp3) is 0.174. The zero-order chi connectivity index (χ0) is 19.3. The van der Waals surface area contributed by atoms with Crippen molar-refractivity contribution in [1.29, 1.82) is 0 Å². The first-order chi connectivity index (χ1) is 13.7. The van der Waals surface area contributed by atoms with Crippen LogP contribution in [0.15, 0.2) is 72.9 Å². The Bertz CT molecular complexity index is 978. The molecule has 1 saturated heterocycles. The lowest BCUT2D eigenvalue weighted by Crippen LogP contribution is -2.19. The zero-order valence-electron chi connectivity index (χ0n) is 15.5. The van der Waals surface area contributed by atoms with Crippen LogP contribution in [0.4, 0.5) is 11.5 Å². The number of amides is 1. The Balaban J connectivity index is 1.53. The van der Waals surface area contributed by atoms with Crippen LogP contribution in [0.25, 0.3) is 0 Å². The van der Waals surface area contributed by atoms with Crippen molar-refractivity contribution in [3.05, 3.63) is 89.6 Å². The summed E-state index contributed by atoms with van der Waals surface area (Å²) in [7, 11) is 0. The third kappa shape index (κ3) is 3.78. The van der Waals surface area contributed by atoms with E-state index in [1.165, 1.54) is 12.8 Å². The number of carbonyl (C=O) groups excluding carboxylic acids is 2. The van der Waals surface area contributed by atoms with Crippen LogP contribution in [-0.4, -0.2) is 29.8 Å². The van der Waals surface area contributed by atoms with E-state index >= 15 is 0 Å². The SMILES string of the molecule is O=C(Nc1ccc(N2CCCC2)cn1)c1ccccc1C(=O)c1ccccc1. The average molecular weight is 371 g/mol. The van der Waals surface area contributed by atoms with Gasteiger partial charge >= 0.3 is 0 Å². The molecule has 0 bridgehead atoms. The molecular weight excluding hydrogens is 350 g/mol. The summed E-state index contributed by atoms with van der Waals surface area (Å²) in [6.07, 6.45) is 4.18. The molecule has 0 spiro atoms. The minimum Gasteiger partial charge on any atom is -0.370 e. The zero-order valence-corrected chi connectivity index (χ0v) is 15.5. The largest absolute Gasteiger partial charge is 0.370 e. The van der Waals surface area contributed by atoms with Crippen LogP contribution in [0.2, 0.25) is 0 Å². The van der Waals surface area contributed by atoms with Crippen LogP contribution in [0.1, 0.15) is 39.1 Å². The van der Waals surface area contributed by atoms with Gasteiger partial charge in [0.1, 0.15) is 5.82 Å². The first-order valence-corrected chi connectivity index (χ1v) is 9.43. The van der Waals surface area contributed by atoms with Crippen molar-refractivity contribution in [2.45, 2.75) is 12.8 Å². The first-order valence-electron chi connectivity index (χ1n) is 9.43. The Morgan fingerprint density at radius 2 is 1.50 bits per heavy atom. The van der Waals surface area contributed by atoms with Gasteiger partial charge in [-0.05, 0) is 31.0 Å². The topological polar surface area (TPSA) is 62.3 Å². The van der Waals surface area contributed by atoms with E-state index in [1.54, 1.807) is 48.7 Å². The lowest BCUT2D eigenvalue weighted by molar-refractivity contribution is 0.0996. The molecule has 0 atom stereocenters. The van der Waals surface area contributed by atoms with Crippen molar-refractivity contribution in [3.8, 4) is 0 Å². The number of pyridine rings is 1. The number of aromatic nitrogens is 1. The number of hydrogen-bond acceptors (Lipinski definition) is 4. The van der Waals surface area contributed by atoms with E-state index in [0.717, 1.165) is 18.8 Å². The quantitative estimate of drug-likeness (QED) is 0.684. The van der Waals surface area contributed by atoms with E-state index in [9.17, 15) is 9.59 Å². The van der Waals surface area contributed by atoms with Gasteiger partial charge < -0.3 is 10.2 Å². The maximum absolute atomic E-state index is 12.8. The highest BCUT2D eigenvalue weighted by atomic mass is 16.2. The van der Waals surface area contributed by atoms with Gasteiger partial charge in [0.25, 0.3) is 5.91 Å². The Kier molecular flexibility index (Phi) is 5.15. The third-order valence-corrected chi connectivity index (χ3v) is 4.91. The number of anilines is 2. The summed E-state index contributed by atoms with van der Waals surface area (Å²) < 4.78 is 0. The Labute approximate surface area is 164 Å². The summed E-state index contributed by atoms with van der Waals surface area (Å²) in [6.45, 7) is 2.09. The molecule has 1 N–H and O–H groups in total. The predicted octanol–water partition coefficient (Wildman–Crippen LogP) is 4.17. The molecule has 0 saturated carbocycles. The van der Waals surface area contributed by atoms with E-state index in [2.05, 4.69) is 15.2 Å². The molecule has 3 aromatic rings. The number of rotatable bonds is 5. The van der Waals surface area contributed by atoms with Gasteiger partial charge in [0.2, 0.25) is 0 Å². The molecule has 1 fully saturated rings. The molecule has 0 aliphatic carbocycles. The van der Waals surface area contributed by atoms with Gasteiger partial charge in [-0.15, -0.1) is 0 Å².